The molecule has 6 heteroatoms. The smallest absolute Gasteiger partial charge is 0.270 e. The molecule has 1 aliphatic heterocycles. The number of carbonyl (C=O) groups excluding carboxylic acids is 1. The number of nitrogens with one attached hydrogen (secondary N) is 1. The SMILES string of the molecule is Cc1ccc2ncc(C(=O)N3CCNCC3)c(=O)n2c1. The van der Waals surface area contributed by atoms with Gasteiger partial charge in [0.05, 0.1) is 0 Å². The van der Waals surface area contributed by atoms with E-state index >= 15 is 0 Å². The molecular formula is C14H16N4O2. The molecule has 1 aliphatic rings. The Kier molecular flexibility index (Phi) is 3.23. The molecule has 3 heterocycles. The third-order valence-corrected chi connectivity index (χ3v) is 3.48. The molecule has 0 spiro atoms. The number of hydrogen-bond acceptors (Lipinski definition) is 4. The summed E-state index contributed by atoms with van der Waals surface area (Å²) in [6.07, 6.45) is 3.09. The van der Waals surface area contributed by atoms with Crippen LogP contribution in [0.1, 0.15) is 15.9 Å². The molecule has 2 aromatic rings. The van der Waals surface area contributed by atoms with Gasteiger partial charge in [-0.2, -0.15) is 0 Å². The largest absolute Gasteiger partial charge is 0.336 e. The molecule has 1 fully saturated rings. The normalized spacial score (nSPS) is 15.6. The predicted molar refractivity (Wildman–Crippen MR) is 75.0 cm³/mol. The van der Waals surface area contributed by atoms with Crippen LogP contribution in [-0.4, -0.2) is 46.4 Å². The number of rotatable bonds is 1. The molecule has 6 nitrogen and oxygen atoms in total. The van der Waals surface area contributed by atoms with Crippen molar-refractivity contribution in [3.05, 3.63) is 46.0 Å². The number of carbonyl (C=O) groups is 1. The second-order valence-corrected chi connectivity index (χ2v) is 4.95. The summed E-state index contributed by atoms with van der Waals surface area (Å²) in [5, 5.41) is 3.18. The number of hydrogen-bond donors (Lipinski definition) is 1. The van der Waals surface area contributed by atoms with Crippen LogP contribution in [0.4, 0.5) is 0 Å². The van der Waals surface area contributed by atoms with Crippen LogP contribution in [0.3, 0.4) is 0 Å². The number of fused-ring (bicyclic) bond motifs is 1. The Morgan fingerprint density at radius 1 is 1.30 bits per heavy atom. The van der Waals surface area contributed by atoms with E-state index in [1.165, 1.54) is 10.6 Å². The highest BCUT2D eigenvalue weighted by molar-refractivity contribution is 5.93. The lowest BCUT2D eigenvalue weighted by Crippen LogP contribution is -2.47. The maximum atomic E-state index is 12.4. The highest BCUT2D eigenvalue weighted by atomic mass is 16.2. The molecule has 0 unspecified atom stereocenters. The zero-order chi connectivity index (χ0) is 14.1. The van der Waals surface area contributed by atoms with Crippen molar-refractivity contribution in [3.63, 3.8) is 0 Å². The second kappa shape index (κ2) is 5.05. The average molecular weight is 272 g/mol. The third kappa shape index (κ3) is 2.18. The van der Waals surface area contributed by atoms with Gasteiger partial charge < -0.3 is 10.2 Å². The maximum absolute atomic E-state index is 12.4. The molecule has 0 bridgehead atoms. The summed E-state index contributed by atoms with van der Waals surface area (Å²) >= 11 is 0. The van der Waals surface area contributed by atoms with Crippen LogP contribution in [0.2, 0.25) is 0 Å². The van der Waals surface area contributed by atoms with Gasteiger partial charge in [-0.1, -0.05) is 6.07 Å². The third-order valence-electron chi connectivity index (χ3n) is 3.48. The molecule has 3 rings (SSSR count). The van der Waals surface area contributed by atoms with E-state index in [-0.39, 0.29) is 17.0 Å². The molecule has 104 valence electrons. The fourth-order valence-corrected chi connectivity index (χ4v) is 2.37. The van der Waals surface area contributed by atoms with Crippen molar-refractivity contribution in [2.75, 3.05) is 26.2 Å². The quantitative estimate of drug-likeness (QED) is 0.796. The van der Waals surface area contributed by atoms with Gasteiger partial charge >= 0.3 is 0 Å². The van der Waals surface area contributed by atoms with Crippen LogP contribution in [0.5, 0.6) is 0 Å². The van der Waals surface area contributed by atoms with Gasteiger partial charge in [-0.15, -0.1) is 0 Å². The van der Waals surface area contributed by atoms with E-state index in [1.807, 2.05) is 13.0 Å². The van der Waals surface area contributed by atoms with Gasteiger partial charge in [0, 0.05) is 38.6 Å². The van der Waals surface area contributed by atoms with Gasteiger partial charge in [0.15, 0.2) is 0 Å². The number of nitrogens with zero attached hydrogens (tertiary/aromatic N) is 3. The van der Waals surface area contributed by atoms with Crippen LogP contribution >= 0.6 is 0 Å². The van der Waals surface area contributed by atoms with E-state index < -0.39 is 0 Å². The van der Waals surface area contributed by atoms with Crippen LogP contribution in [0.15, 0.2) is 29.3 Å². The topological polar surface area (TPSA) is 66.7 Å². The van der Waals surface area contributed by atoms with Crippen LogP contribution < -0.4 is 10.9 Å². The van der Waals surface area contributed by atoms with Crippen LogP contribution in [0, 0.1) is 6.92 Å². The summed E-state index contributed by atoms with van der Waals surface area (Å²) in [7, 11) is 0. The number of pyridine rings is 1. The molecule has 2 aromatic heterocycles. The molecule has 1 N–H and O–H groups in total. The molecule has 0 radical (unpaired) electrons. The number of aromatic nitrogens is 2. The van der Waals surface area contributed by atoms with Crippen molar-refractivity contribution in [1.29, 1.82) is 0 Å². The minimum Gasteiger partial charge on any atom is -0.336 e. The van der Waals surface area contributed by atoms with Gasteiger partial charge in [-0.25, -0.2) is 4.98 Å². The van der Waals surface area contributed by atoms with E-state index in [9.17, 15) is 9.59 Å². The van der Waals surface area contributed by atoms with Crippen molar-refractivity contribution in [3.8, 4) is 0 Å². The van der Waals surface area contributed by atoms with Gasteiger partial charge in [0.1, 0.15) is 11.2 Å². The zero-order valence-corrected chi connectivity index (χ0v) is 11.3. The van der Waals surface area contributed by atoms with E-state index in [2.05, 4.69) is 10.3 Å². The van der Waals surface area contributed by atoms with Crippen molar-refractivity contribution in [1.82, 2.24) is 19.6 Å². The Hall–Kier alpha value is -2.21. The van der Waals surface area contributed by atoms with Crippen molar-refractivity contribution < 1.29 is 4.79 Å². The highest BCUT2D eigenvalue weighted by Crippen LogP contribution is 2.05. The molecule has 20 heavy (non-hydrogen) atoms. The Bertz CT molecular complexity index is 717. The second-order valence-electron chi connectivity index (χ2n) is 4.95. The van der Waals surface area contributed by atoms with E-state index in [0.717, 1.165) is 18.7 Å². The fraction of sp³-hybridized carbons (Fsp3) is 0.357. The lowest BCUT2D eigenvalue weighted by molar-refractivity contribution is 0.0733. The Morgan fingerprint density at radius 3 is 2.80 bits per heavy atom. The molecule has 0 saturated carbocycles. The van der Waals surface area contributed by atoms with Gasteiger partial charge in [-0.05, 0) is 18.6 Å². The Balaban J connectivity index is 2.05. The average Bonchev–Trinajstić information content (AvgIpc) is 2.48. The highest BCUT2D eigenvalue weighted by Gasteiger charge is 2.21. The minimum absolute atomic E-state index is 0.134. The summed E-state index contributed by atoms with van der Waals surface area (Å²) in [6.45, 7) is 4.65. The first kappa shape index (κ1) is 12.8. The number of aryl methyl sites for hydroxylation is 1. The van der Waals surface area contributed by atoms with Gasteiger partial charge in [0.25, 0.3) is 11.5 Å². The van der Waals surface area contributed by atoms with Crippen LogP contribution in [0.25, 0.3) is 5.65 Å². The summed E-state index contributed by atoms with van der Waals surface area (Å²) in [6, 6.07) is 3.66. The fourth-order valence-electron chi connectivity index (χ4n) is 2.37. The van der Waals surface area contributed by atoms with Crippen molar-refractivity contribution in [2.24, 2.45) is 0 Å². The summed E-state index contributed by atoms with van der Waals surface area (Å²) in [4.78, 5) is 30.7. The first-order valence-electron chi connectivity index (χ1n) is 6.65. The molecule has 1 amide bonds. The van der Waals surface area contributed by atoms with E-state index in [0.29, 0.717) is 18.7 Å². The van der Waals surface area contributed by atoms with Gasteiger partial charge in [-0.3, -0.25) is 14.0 Å². The Morgan fingerprint density at radius 2 is 2.05 bits per heavy atom. The molecule has 0 aromatic carbocycles. The minimum atomic E-state index is -0.303. The van der Waals surface area contributed by atoms with E-state index in [4.69, 9.17) is 0 Å². The number of amides is 1. The van der Waals surface area contributed by atoms with Crippen molar-refractivity contribution in [2.45, 2.75) is 6.92 Å². The first-order chi connectivity index (χ1) is 9.66. The summed E-state index contributed by atoms with van der Waals surface area (Å²) in [5.41, 5.74) is 1.34. The maximum Gasteiger partial charge on any atom is 0.270 e. The molecule has 0 atom stereocenters. The molecule has 0 aliphatic carbocycles. The zero-order valence-electron chi connectivity index (χ0n) is 11.3. The summed E-state index contributed by atoms with van der Waals surface area (Å²) in [5.74, 6) is -0.236. The van der Waals surface area contributed by atoms with E-state index in [1.54, 1.807) is 17.2 Å². The molecular weight excluding hydrogens is 256 g/mol. The molecule has 1 saturated heterocycles. The lowest BCUT2D eigenvalue weighted by atomic mass is 10.2. The lowest BCUT2D eigenvalue weighted by Gasteiger charge is -2.27. The first-order valence-corrected chi connectivity index (χ1v) is 6.65. The Labute approximate surface area is 116 Å². The predicted octanol–water partition coefficient (Wildman–Crippen LogP) is 0.0483. The monoisotopic (exact) mass is 272 g/mol. The summed E-state index contributed by atoms with van der Waals surface area (Å²) < 4.78 is 1.44. The van der Waals surface area contributed by atoms with Gasteiger partial charge in [0.2, 0.25) is 0 Å². The van der Waals surface area contributed by atoms with Crippen LogP contribution in [-0.2, 0) is 0 Å². The van der Waals surface area contributed by atoms with Crippen molar-refractivity contribution >= 4 is 11.6 Å². The standard InChI is InChI=1S/C14H16N4O2/c1-10-2-3-12-16-8-11(14(20)18(12)9-10)13(19)17-6-4-15-5-7-17/h2-3,8-9,15H,4-7H2,1H3. The number of piperazine rings is 1.